The van der Waals surface area contributed by atoms with Crippen LogP contribution in [0.2, 0.25) is 0 Å². The Morgan fingerprint density at radius 3 is 3.10 bits per heavy atom. The van der Waals surface area contributed by atoms with Crippen molar-refractivity contribution < 1.29 is 9.53 Å². The van der Waals surface area contributed by atoms with E-state index in [9.17, 15) is 4.79 Å². The van der Waals surface area contributed by atoms with Crippen LogP contribution in [0.15, 0.2) is 6.33 Å². The van der Waals surface area contributed by atoms with Gasteiger partial charge in [0.05, 0.1) is 18.5 Å². The third-order valence-electron chi connectivity index (χ3n) is 4.16. The minimum absolute atomic E-state index is 0.235. The first-order valence-electron chi connectivity index (χ1n) is 7.11. The number of carbonyl (C=O) groups is 1. The van der Waals surface area contributed by atoms with Gasteiger partial charge in [-0.15, -0.1) is 11.3 Å². The third-order valence-corrected chi connectivity index (χ3v) is 5.36. The Morgan fingerprint density at radius 1 is 1.43 bits per heavy atom. The lowest BCUT2D eigenvalue weighted by Crippen LogP contribution is -2.57. The van der Waals surface area contributed by atoms with E-state index in [4.69, 9.17) is 4.74 Å². The van der Waals surface area contributed by atoms with Crippen molar-refractivity contribution in [1.29, 1.82) is 0 Å². The van der Waals surface area contributed by atoms with Crippen LogP contribution in [0.3, 0.4) is 0 Å². The Morgan fingerprint density at radius 2 is 2.29 bits per heavy atom. The summed E-state index contributed by atoms with van der Waals surface area (Å²) in [7, 11) is 1.41. The summed E-state index contributed by atoms with van der Waals surface area (Å²) >= 11 is 1.79. The number of ether oxygens (including phenoxy) is 1. The summed E-state index contributed by atoms with van der Waals surface area (Å²) in [5, 5.41) is 4.64. The molecule has 0 atom stereocenters. The number of aryl methyl sites for hydroxylation is 2. The maximum Gasteiger partial charge on any atom is 0.409 e. The summed E-state index contributed by atoms with van der Waals surface area (Å²) in [6.07, 6.45) is 4.86. The van der Waals surface area contributed by atoms with Crippen molar-refractivity contribution >= 4 is 33.5 Å². The Labute approximate surface area is 126 Å². The first kappa shape index (κ1) is 12.8. The number of thiophene rings is 1. The highest BCUT2D eigenvalue weighted by Gasteiger charge is 2.32. The van der Waals surface area contributed by atoms with Crippen LogP contribution in [-0.4, -0.2) is 47.2 Å². The van der Waals surface area contributed by atoms with Gasteiger partial charge in [0.2, 0.25) is 0 Å². The number of hydrogen-bond acceptors (Lipinski definition) is 6. The average molecular weight is 304 g/mol. The van der Waals surface area contributed by atoms with Gasteiger partial charge >= 0.3 is 6.09 Å². The molecule has 110 valence electrons. The number of nitrogens with zero attached hydrogens (tertiary/aromatic N) is 3. The molecule has 4 rings (SSSR count). The van der Waals surface area contributed by atoms with Crippen LogP contribution in [-0.2, 0) is 17.6 Å². The van der Waals surface area contributed by atoms with Gasteiger partial charge in [-0.05, 0) is 24.8 Å². The van der Waals surface area contributed by atoms with Gasteiger partial charge in [0, 0.05) is 18.0 Å². The fourth-order valence-electron chi connectivity index (χ4n) is 3.08. The van der Waals surface area contributed by atoms with Crippen LogP contribution in [0.4, 0.5) is 10.6 Å². The summed E-state index contributed by atoms with van der Waals surface area (Å²) in [4.78, 5) is 24.4. The summed E-state index contributed by atoms with van der Waals surface area (Å²) in [5.74, 6) is 0.911. The second-order valence-corrected chi connectivity index (χ2v) is 6.56. The van der Waals surface area contributed by atoms with Crippen molar-refractivity contribution in [2.75, 3.05) is 25.5 Å². The molecule has 1 fully saturated rings. The van der Waals surface area contributed by atoms with Crippen LogP contribution >= 0.6 is 11.3 Å². The number of likely N-dealkylation sites (tertiary alicyclic amines) is 1. The summed E-state index contributed by atoms with van der Waals surface area (Å²) in [6, 6.07) is 0.235. The largest absolute Gasteiger partial charge is 0.453 e. The number of fused-ring (bicyclic) bond motifs is 3. The summed E-state index contributed by atoms with van der Waals surface area (Å²) < 4.78 is 4.71. The molecule has 21 heavy (non-hydrogen) atoms. The lowest BCUT2D eigenvalue weighted by atomic mass is 10.1. The van der Waals surface area contributed by atoms with Crippen molar-refractivity contribution in [2.45, 2.75) is 25.3 Å². The summed E-state index contributed by atoms with van der Waals surface area (Å²) in [6.45, 7) is 1.31. The standard InChI is InChI=1S/C14H16N4O2S/c1-20-14(19)18-5-8(6-18)17-12-11-9-3-2-4-10(9)21-13(11)16-7-15-12/h7-8H,2-6H2,1H3,(H,15,16,17). The zero-order chi connectivity index (χ0) is 14.4. The molecule has 2 aliphatic rings. The average Bonchev–Trinajstić information content (AvgIpc) is 3.01. The first-order chi connectivity index (χ1) is 10.3. The van der Waals surface area contributed by atoms with Crippen LogP contribution < -0.4 is 5.32 Å². The highest BCUT2D eigenvalue weighted by Crippen LogP contribution is 2.39. The van der Waals surface area contributed by atoms with Gasteiger partial charge in [-0.25, -0.2) is 14.8 Å². The number of methoxy groups -OCH3 is 1. The molecule has 6 nitrogen and oxygen atoms in total. The maximum atomic E-state index is 11.4. The molecule has 3 heterocycles. The molecule has 2 aromatic rings. The minimum Gasteiger partial charge on any atom is -0.453 e. The van der Waals surface area contributed by atoms with Gasteiger partial charge in [-0.2, -0.15) is 0 Å². The lowest BCUT2D eigenvalue weighted by molar-refractivity contribution is 0.0930. The molecule has 0 spiro atoms. The molecule has 1 N–H and O–H groups in total. The lowest BCUT2D eigenvalue weighted by Gasteiger charge is -2.38. The smallest absolute Gasteiger partial charge is 0.409 e. The number of anilines is 1. The van der Waals surface area contributed by atoms with Crippen molar-refractivity contribution in [1.82, 2.24) is 14.9 Å². The van der Waals surface area contributed by atoms with Crippen LogP contribution in [0.5, 0.6) is 0 Å². The SMILES string of the molecule is COC(=O)N1CC(Nc2ncnc3sc4c(c23)CCC4)C1. The molecule has 0 bridgehead atoms. The molecule has 0 saturated carbocycles. The fraction of sp³-hybridized carbons (Fsp3) is 0.500. The number of amides is 1. The second-order valence-electron chi connectivity index (χ2n) is 5.48. The molecule has 0 radical (unpaired) electrons. The van der Waals surface area contributed by atoms with Crippen molar-refractivity contribution in [3.63, 3.8) is 0 Å². The molecule has 1 saturated heterocycles. The summed E-state index contributed by atoms with van der Waals surface area (Å²) in [5.41, 5.74) is 1.42. The van der Waals surface area contributed by atoms with Gasteiger partial charge in [-0.3, -0.25) is 0 Å². The van der Waals surface area contributed by atoms with Gasteiger partial charge in [0.25, 0.3) is 0 Å². The number of nitrogens with one attached hydrogen (secondary N) is 1. The van der Waals surface area contributed by atoms with E-state index in [0.717, 1.165) is 23.5 Å². The van der Waals surface area contributed by atoms with E-state index in [1.54, 1.807) is 22.6 Å². The highest BCUT2D eigenvalue weighted by molar-refractivity contribution is 7.19. The van der Waals surface area contributed by atoms with Crippen molar-refractivity contribution in [3.05, 3.63) is 16.8 Å². The van der Waals surface area contributed by atoms with Gasteiger partial charge in [-0.1, -0.05) is 0 Å². The van der Waals surface area contributed by atoms with Gasteiger partial charge in [0.15, 0.2) is 0 Å². The minimum atomic E-state index is -0.266. The third kappa shape index (κ3) is 2.03. The highest BCUT2D eigenvalue weighted by atomic mass is 32.1. The molecule has 1 aliphatic heterocycles. The Bertz CT molecular complexity index is 708. The zero-order valence-corrected chi connectivity index (χ0v) is 12.6. The quantitative estimate of drug-likeness (QED) is 0.919. The van der Waals surface area contributed by atoms with E-state index in [0.29, 0.717) is 13.1 Å². The predicted octanol–water partition coefficient (Wildman–Crippen LogP) is 2.04. The van der Waals surface area contributed by atoms with Crippen LogP contribution in [0.1, 0.15) is 16.9 Å². The van der Waals surface area contributed by atoms with E-state index in [-0.39, 0.29) is 12.1 Å². The Balaban J connectivity index is 1.56. The van der Waals surface area contributed by atoms with E-state index < -0.39 is 0 Å². The first-order valence-corrected chi connectivity index (χ1v) is 7.92. The molecule has 1 amide bonds. The second kappa shape index (κ2) is 4.84. The van der Waals surface area contributed by atoms with Crippen LogP contribution in [0, 0.1) is 0 Å². The van der Waals surface area contributed by atoms with E-state index in [2.05, 4.69) is 15.3 Å². The van der Waals surface area contributed by atoms with Crippen molar-refractivity contribution in [3.8, 4) is 0 Å². The van der Waals surface area contributed by atoms with Gasteiger partial charge < -0.3 is 15.0 Å². The Hall–Kier alpha value is -1.89. The van der Waals surface area contributed by atoms with E-state index in [1.807, 2.05) is 0 Å². The number of aromatic nitrogens is 2. The van der Waals surface area contributed by atoms with Gasteiger partial charge in [0.1, 0.15) is 17.0 Å². The predicted molar refractivity (Wildman–Crippen MR) is 80.8 cm³/mol. The maximum absolute atomic E-state index is 11.4. The monoisotopic (exact) mass is 304 g/mol. The van der Waals surface area contributed by atoms with Crippen LogP contribution in [0.25, 0.3) is 10.2 Å². The van der Waals surface area contributed by atoms with Crippen molar-refractivity contribution in [2.24, 2.45) is 0 Å². The number of hydrogen-bond donors (Lipinski definition) is 1. The molecule has 0 unspecified atom stereocenters. The van der Waals surface area contributed by atoms with E-state index >= 15 is 0 Å². The normalized spacial score (nSPS) is 17.7. The molecule has 7 heteroatoms. The number of rotatable bonds is 2. The Kier molecular flexibility index (Phi) is 2.95. The molecular formula is C14H16N4O2S. The molecule has 2 aromatic heterocycles. The topological polar surface area (TPSA) is 67.3 Å². The molecular weight excluding hydrogens is 288 g/mol. The number of carbonyl (C=O) groups excluding carboxylic acids is 1. The fourth-order valence-corrected chi connectivity index (χ4v) is 4.31. The zero-order valence-electron chi connectivity index (χ0n) is 11.8. The molecule has 0 aromatic carbocycles. The van der Waals surface area contributed by atoms with E-state index in [1.165, 1.54) is 29.4 Å². The molecule has 1 aliphatic carbocycles.